The van der Waals surface area contributed by atoms with E-state index in [1.54, 1.807) is 7.11 Å². The van der Waals surface area contributed by atoms with Gasteiger partial charge in [-0.1, -0.05) is 30.3 Å². The van der Waals surface area contributed by atoms with Crippen LogP contribution in [0.15, 0.2) is 36.4 Å². The first-order valence-electron chi connectivity index (χ1n) is 7.25. The minimum absolute atomic E-state index is 0. The van der Waals surface area contributed by atoms with E-state index in [0.29, 0.717) is 6.04 Å². The predicted molar refractivity (Wildman–Crippen MR) is 90.5 cm³/mol. The molecule has 3 rings (SSSR count). The van der Waals surface area contributed by atoms with Gasteiger partial charge in [-0.15, -0.1) is 12.4 Å². The molecule has 0 spiro atoms. The van der Waals surface area contributed by atoms with E-state index >= 15 is 0 Å². The Morgan fingerprint density at radius 1 is 1.24 bits per heavy atom. The van der Waals surface area contributed by atoms with Gasteiger partial charge in [0, 0.05) is 24.7 Å². The second-order valence-corrected chi connectivity index (χ2v) is 5.53. The Morgan fingerprint density at radius 3 is 2.76 bits per heavy atom. The van der Waals surface area contributed by atoms with Crippen molar-refractivity contribution < 1.29 is 4.74 Å². The summed E-state index contributed by atoms with van der Waals surface area (Å²) in [4.78, 5) is 2.43. The van der Waals surface area contributed by atoms with E-state index in [1.165, 1.54) is 22.8 Å². The van der Waals surface area contributed by atoms with Gasteiger partial charge in [0.1, 0.15) is 5.75 Å². The molecule has 4 heteroatoms. The van der Waals surface area contributed by atoms with E-state index in [1.807, 2.05) is 0 Å². The molecule has 1 fully saturated rings. The fourth-order valence-corrected chi connectivity index (χ4v) is 3.06. The van der Waals surface area contributed by atoms with Crippen molar-refractivity contribution in [3.05, 3.63) is 42.0 Å². The van der Waals surface area contributed by atoms with Crippen LogP contribution in [0.2, 0.25) is 0 Å². The van der Waals surface area contributed by atoms with Crippen LogP contribution >= 0.6 is 12.4 Å². The van der Waals surface area contributed by atoms with Gasteiger partial charge in [-0.2, -0.15) is 0 Å². The molecular formula is C17H23ClN2O. The second kappa shape index (κ2) is 7.12. The molecule has 1 heterocycles. The average molecular weight is 307 g/mol. The standard InChI is InChI=1S/C17H22N2O.ClH/c1-19(14-9-10-18-11-14)12-16-15-6-4-3-5-13(15)7-8-17(16)20-2;/h3-8,14,18H,9-12H2,1-2H3;1H. The van der Waals surface area contributed by atoms with Gasteiger partial charge < -0.3 is 10.1 Å². The van der Waals surface area contributed by atoms with Crippen LogP contribution in [0.3, 0.4) is 0 Å². The van der Waals surface area contributed by atoms with Crippen LogP contribution < -0.4 is 10.1 Å². The summed E-state index contributed by atoms with van der Waals surface area (Å²) in [5, 5.41) is 6.01. The summed E-state index contributed by atoms with van der Waals surface area (Å²) < 4.78 is 5.57. The van der Waals surface area contributed by atoms with Crippen LogP contribution in [-0.2, 0) is 6.54 Å². The molecule has 3 nitrogen and oxygen atoms in total. The van der Waals surface area contributed by atoms with Gasteiger partial charge in [-0.3, -0.25) is 4.90 Å². The summed E-state index contributed by atoms with van der Waals surface area (Å²) in [5.41, 5.74) is 1.29. The fourth-order valence-electron chi connectivity index (χ4n) is 3.06. The van der Waals surface area contributed by atoms with Crippen molar-refractivity contribution in [3.63, 3.8) is 0 Å². The maximum Gasteiger partial charge on any atom is 0.123 e. The normalized spacial score (nSPS) is 18.0. The van der Waals surface area contributed by atoms with E-state index in [0.717, 1.165) is 25.4 Å². The third-order valence-electron chi connectivity index (χ3n) is 4.28. The Kier molecular flexibility index (Phi) is 5.45. The zero-order valence-corrected chi connectivity index (χ0v) is 13.5. The molecule has 0 saturated carbocycles. The maximum atomic E-state index is 5.57. The molecule has 1 aliphatic rings. The molecule has 2 aromatic rings. The van der Waals surface area contributed by atoms with Crippen molar-refractivity contribution in [1.29, 1.82) is 0 Å². The van der Waals surface area contributed by atoms with Gasteiger partial charge in [0.25, 0.3) is 0 Å². The molecule has 114 valence electrons. The molecule has 0 radical (unpaired) electrons. The number of halogens is 1. The highest BCUT2D eigenvalue weighted by atomic mass is 35.5. The number of nitrogens with one attached hydrogen (secondary N) is 1. The number of hydrogen-bond donors (Lipinski definition) is 1. The lowest BCUT2D eigenvalue weighted by atomic mass is 10.0. The van der Waals surface area contributed by atoms with E-state index in [4.69, 9.17) is 4.74 Å². The van der Waals surface area contributed by atoms with Gasteiger partial charge >= 0.3 is 0 Å². The lowest BCUT2D eigenvalue weighted by Crippen LogP contribution is -2.33. The first kappa shape index (κ1) is 16.1. The van der Waals surface area contributed by atoms with Crippen molar-refractivity contribution in [2.24, 2.45) is 0 Å². The monoisotopic (exact) mass is 306 g/mol. The van der Waals surface area contributed by atoms with Crippen LogP contribution in [0, 0.1) is 0 Å². The fraction of sp³-hybridized carbons (Fsp3) is 0.412. The maximum absolute atomic E-state index is 5.57. The minimum atomic E-state index is 0. The number of methoxy groups -OCH3 is 1. The zero-order valence-electron chi connectivity index (χ0n) is 12.6. The largest absolute Gasteiger partial charge is 0.496 e. The summed E-state index contributed by atoms with van der Waals surface area (Å²) in [5.74, 6) is 0.988. The molecule has 0 amide bonds. The van der Waals surface area contributed by atoms with Gasteiger partial charge in [0.05, 0.1) is 7.11 Å². The number of rotatable bonds is 4. The van der Waals surface area contributed by atoms with Gasteiger partial charge in [-0.25, -0.2) is 0 Å². The smallest absolute Gasteiger partial charge is 0.123 e. The SMILES string of the molecule is COc1ccc2ccccc2c1CN(C)C1CCNC1.Cl. The van der Waals surface area contributed by atoms with Crippen LogP contribution in [0.4, 0.5) is 0 Å². The highest BCUT2D eigenvalue weighted by Gasteiger charge is 2.20. The molecule has 0 aliphatic carbocycles. The number of hydrogen-bond acceptors (Lipinski definition) is 3. The second-order valence-electron chi connectivity index (χ2n) is 5.53. The number of benzene rings is 2. The van der Waals surface area contributed by atoms with E-state index in [9.17, 15) is 0 Å². The minimum Gasteiger partial charge on any atom is -0.496 e. The number of ether oxygens (including phenoxy) is 1. The Morgan fingerprint density at radius 2 is 2.05 bits per heavy atom. The Balaban J connectivity index is 0.00000161. The Bertz CT molecular complexity index is 596. The molecular weight excluding hydrogens is 284 g/mol. The van der Waals surface area contributed by atoms with Crippen LogP contribution in [0.25, 0.3) is 10.8 Å². The molecule has 1 aliphatic heterocycles. The number of likely N-dealkylation sites (N-methyl/N-ethyl adjacent to an activating group) is 1. The van der Waals surface area contributed by atoms with Gasteiger partial charge in [-0.05, 0) is 36.9 Å². The van der Waals surface area contributed by atoms with Crippen molar-refractivity contribution in [1.82, 2.24) is 10.2 Å². The number of nitrogens with zero attached hydrogens (tertiary/aromatic N) is 1. The predicted octanol–water partition coefficient (Wildman–Crippen LogP) is 3.06. The Hall–Kier alpha value is -1.29. The highest BCUT2D eigenvalue weighted by molar-refractivity contribution is 5.87. The van der Waals surface area contributed by atoms with Crippen LogP contribution in [0.1, 0.15) is 12.0 Å². The van der Waals surface area contributed by atoms with Crippen molar-refractivity contribution in [3.8, 4) is 5.75 Å². The molecule has 21 heavy (non-hydrogen) atoms. The van der Waals surface area contributed by atoms with Crippen molar-refractivity contribution in [2.75, 3.05) is 27.2 Å². The van der Waals surface area contributed by atoms with E-state index in [-0.39, 0.29) is 12.4 Å². The van der Waals surface area contributed by atoms with Crippen LogP contribution in [0.5, 0.6) is 5.75 Å². The molecule has 1 N–H and O–H groups in total. The zero-order chi connectivity index (χ0) is 13.9. The lowest BCUT2D eigenvalue weighted by Gasteiger charge is -2.25. The third-order valence-corrected chi connectivity index (χ3v) is 4.28. The van der Waals surface area contributed by atoms with Gasteiger partial charge in [0.15, 0.2) is 0 Å². The molecule has 2 aromatic carbocycles. The summed E-state index contributed by atoms with van der Waals surface area (Å²) in [7, 11) is 3.96. The molecule has 0 bridgehead atoms. The Labute approximate surface area is 132 Å². The summed E-state index contributed by atoms with van der Waals surface area (Å²) in [6, 6.07) is 13.4. The first-order chi connectivity index (χ1) is 9.79. The molecule has 1 atom stereocenters. The summed E-state index contributed by atoms with van der Waals surface area (Å²) in [6.07, 6.45) is 1.23. The summed E-state index contributed by atoms with van der Waals surface area (Å²) >= 11 is 0. The quantitative estimate of drug-likeness (QED) is 0.939. The van der Waals surface area contributed by atoms with E-state index in [2.05, 4.69) is 53.7 Å². The molecule has 0 aromatic heterocycles. The highest BCUT2D eigenvalue weighted by Crippen LogP contribution is 2.29. The summed E-state index contributed by atoms with van der Waals surface area (Å²) in [6.45, 7) is 3.14. The third kappa shape index (κ3) is 3.31. The number of fused-ring (bicyclic) bond motifs is 1. The van der Waals surface area contributed by atoms with E-state index < -0.39 is 0 Å². The first-order valence-corrected chi connectivity index (χ1v) is 7.25. The average Bonchev–Trinajstić information content (AvgIpc) is 3.02. The van der Waals surface area contributed by atoms with Crippen LogP contribution in [-0.4, -0.2) is 38.2 Å². The molecule has 1 unspecified atom stereocenters. The topological polar surface area (TPSA) is 24.5 Å². The molecule has 1 saturated heterocycles. The van der Waals surface area contributed by atoms with Crippen molar-refractivity contribution >= 4 is 23.2 Å². The lowest BCUT2D eigenvalue weighted by molar-refractivity contribution is 0.246. The van der Waals surface area contributed by atoms with Crippen molar-refractivity contribution in [2.45, 2.75) is 19.0 Å². The van der Waals surface area contributed by atoms with Gasteiger partial charge in [0.2, 0.25) is 0 Å².